The lowest BCUT2D eigenvalue weighted by Crippen LogP contribution is -2.44. The number of aliphatic carboxylic acids is 2. The van der Waals surface area contributed by atoms with Crippen molar-refractivity contribution >= 4 is 40.4 Å². The van der Waals surface area contributed by atoms with Gasteiger partial charge in [0.15, 0.2) is 0 Å². The number of carbonyl (C=O) groups is 5. The average molecular weight is 617 g/mol. The highest BCUT2D eigenvalue weighted by Gasteiger charge is 2.27. The number of hydrogen-bond acceptors (Lipinski definition) is 8. The lowest BCUT2D eigenvalue weighted by molar-refractivity contribution is -0.142. The van der Waals surface area contributed by atoms with Crippen LogP contribution in [0.5, 0.6) is 0 Å². The minimum Gasteiger partial charge on any atom is -0.481 e. The highest BCUT2D eigenvalue weighted by atomic mass is 16.4. The first-order valence-electron chi connectivity index (χ1n) is 15.3. The molecule has 1 aromatic heterocycles. The van der Waals surface area contributed by atoms with Crippen LogP contribution in [0.4, 0.5) is 0 Å². The standard InChI is InChI=1S/C31H48N6O7/c1-2-3-7-22(32)19-34-14-12-24(33)27(38)17-20(16-21-18-36-25-9-5-4-8-23(21)25)30(42)35-15-13-26(31(43)44)37-28(39)10-6-11-29(40)41/h4-5,8-9,18,20,22,24,26,34,36H,2-3,6-7,10-17,19,32-33H2,1H3,(H,35,42)(H,37,39)(H,40,41)(H,43,44)/t20-,22-,24-,26+/m0/s1. The number of H-pyrrole nitrogens is 1. The summed E-state index contributed by atoms with van der Waals surface area (Å²) in [5, 5.41) is 27.5. The molecular weight excluding hydrogens is 568 g/mol. The second-order valence-electron chi connectivity index (χ2n) is 11.2. The number of unbranched alkanes of at least 4 members (excludes halogenated alkanes) is 1. The van der Waals surface area contributed by atoms with Gasteiger partial charge in [0.2, 0.25) is 11.8 Å². The summed E-state index contributed by atoms with van der Waals surface area (Å²) in [6.45, 7) is 3.20. The van der Waals surface area contributed by atoms with E-state index in [-0.39, 0.29) is 56.9 Å². The summed E-state index contributed by atoms with van der Waals surface area (Å²) >= 11 is 0. The molecule has 244 valence electrons. The number of hydrogen-bond donors (Lipinski definition) is 8. The van der Waals surface area contributed by atoms with Crippen LogP contribution in [0.3, 0.4) is 0 Å². The number of benzene rings is 1. The third kappa shape index (κ3) is 13.2. The minimum absolute atomic E-state index is 0.0390. The van der Waals surface area contributed by atoms with Gasteiger partial charge >= 0.3 is 11.9 Å². The van der Waals surface area contributed by atoms with E-state index in [0.29, 0.717) is 19.5 Å². The van der Waals surface area contributed by atoms with Crippen LogP contribution in [0.1, 0.15) is 70.3 Å². The highest BCUT2D eigenvalue weighted by Crippen LogP contribution is 2.23. The van der Waals surface area contributed by atoms with Crippen molar-refractivity contribution in [2.24, 2.45) is 17.4 Å². The quantitative estimate of drug-likeness (QED) is 0.0837. The Morgan fingerprint density at radius 1 is 0.955 bits per heavy atom. The molecule has 0 aliphatic carbocycles. The van der Waals surface area contributed by atoms with Crippen molar-refractivity contribution in [3.63, 3.8) is 0 Å². The number of carboxylic acid groups (broad SMARTS) is 2. The van der Waals surface area contributed by atoms with E-state index in [9.17, 15) is 29.1 Å². The van der Waals surface area contributed by atoms with Gasteiger partial charge in [-0.3, -0.25) is 19.2 Å². The van der Waals surface area contributed by atoms with Crippen LogP contribution in [0, 0.1) is 5.92 Å². The molecule has 2 amide bonds. The summed E-state index contributed by atoms with van der Waals surface area (Å²) in [4.78, 5) is 64.0. The smallest absolute Gasteiger partial charge is 0.326 e. The van der Waals surface area contributed by atoms with E-state index in [1.807, 2.05) is 24.3 Å². The van der Waals surface area contributed by atoms with E-state index in [4.69, 9.17) is 16.6 Å². The van der Waals surface area contributed by atoms with Crippen molar-refractivity contribution in [3.8, 4) is 0 Å². The molecule has 0 unspecified atom stereocenters. The number of ketones is 1. The number of aromatic nitrogens is 1. The Bertz CT molecular complexity index is 1230. The van der Waals surface area contributed by atoms with Crippen LogP contribution in [-0.2, 0) is 30.4 Å². The molecule has 13 nitrogen and oxygen atoms in total. The van der Waals surface area contributed by atoms with Gasteiger partial charge in [-0.25, -0.2) is 4.79 Å². The van der Waals surface area contributed by atoms with Gasteiger partial charge in [-0.05, 0) is 50.3 Å². The van der Waals surface area contributed by atoms with E-state index < -0.39 is 41.8 Å². The summed E-state index contributed by atoms with van der Waals surface area (Å²) in [5.74, 6) is -4.33. The van der Waals surface area contributed by atoms with Crippen molar-refractivity contribution in [2.45, 2.75) is 89.3 Å². The molecule has 0 radical (unpaired) electrons. The molecule has 0 fully saturated rings. The van der Waals surface area contributed by atoms with E-state index >= 15 is 0 Å². The maximum Gasteiger partial charge on any atom is 0.326 e. The van der Waals surface area contributed by atoms with Crippen LogP contribution in [0.25, 0.3) is 10.9 Å². The first-order valence-corrected chi connectivity index (χ1v) is 15.3. The van der Waals surface area contributed by atoms with Crippen molar-refractivity contribution in [3.05, 3.63) is 36.0 Å². The summed E-state index contributed by atoms with van der Waals surface area (Å²) < 4.78 is 0. The van der Waals surface area contributed by atoms with Crippen LogP contribution in [-0.4, -0.2) is 82.5 Å². The first kappa shape index (κ1) is 36.4. The Hall–Kier alpha value is -3.81. The molecule has 1 heterocycles. The fourth-order valence-electron chi connectivity index (χ4n) is 4.90. The third-order valence-electron chi connectivity index (χ3n) is 7.50. The van der Waals surface area contributed by atoms with E-state index in [1.165, 1.54) is 0 Å². The SMILES string of the molecule is CCCC[C@H](N)CNCC[C@H](N)C(=O)C[C@H](Cc1c[nH]c2ccccc12)C(=O)NCC[C@@H](NC(=O)CCCC(=O)O)C(=O)O. The van der Waals surface area contributed by atoms with E-state index in [1.54, 1.807) is 6.20 Å². The highest BCUT2D eigenvalue weighted by molar-refractivity contribution is 5.91. The number of amides is 2. The average Bonchev–Trinajstić information content (AvgIpc) is 3.39. The summed E-state index contributed by atoms with van der Waals surface area (Å²) in [5.41, 5.74) is 14.0. The molecular formula is C31H48N6O7. The van der Waals surface area contributed by atoms with E-state index in [0.717, 1.165) is 35.7 Å². The number of aromatic amines is 1. The molecule has 1 aromatic carbocycles. The van der Waals surface area contributed by atoms with Crippen molar-refractivity contribution in [1.82, 2.24) is 20.9 Å². The fourth-order valence-corrected chi connectivity index (χ4v) is 4.90. The van der Waals surface area contributed by atoms with E-state index in [2.05, 4.69) is 27.9 Å². The molecule has 0 aliphatic heterocycles. The number of fused-ring (bicyclic) bond motifs is 1. The number of nitrogens with two attached hydrogens (primary N) is 2. The second kappa shape index (κ2) is 19.5. The molecule has 2 rings (SSSR count). The Labute approximate surface area is 257 Å². The zero-order chi connectivity index (χ0) is 32.5. The molecule has 44 heavy (non-hydrogen) atoms. The second-order valence-corrected chi connectivity index (χ2v) is 11.2. The number of para-hydroxylation sites is 1. The molecule has 10 N–H and O–H groups in total. The molecule has 0 spiro atoms. The predicted molar refractivity (Wildman–Crippen MR) is 167 cm³/mol. The molecule has 0 bridgehead atoms. The molecule has 0 aliphatic rings. The number of carbonyl (C=O) groups excluding carboxylic acids is 3. The third-order valence-corrected chi connectivity index (χ3v) is 7.50. The van der Waals surface area contributed by atoms with Gasteiger partial charge < -0.3 is 42.6 Å². The molecule has 4 atom stereocenters. The maximum atomic E-state index is 13.3. The molecule has 2 aromatic rings. The number of nitrogens with one attached hydrogen (secondary N) is 4. The van der Waals surface area contributed by atoms with Crippen molar-refractivity contribution < 1.29 is 34.2 Å². The largest absolute Gasteiger partial charge is 0.481 e. The fraction of sp³-hybridized carbons (Fsp3) is 0.581. The summed E-state index contributed by atoms with van der Waals surface area (Å²) in [7, 11) is 0. The van der Waals surface area contributed by atoms with Crippen LogP contribution in [0.2, 0.25) is 0 Å². The molecule has 0 saturated heterocycles. The van der Waals surface area contributed by atoms with Crippen molar-refractivity contribution in [1.29, 1.82) is 0 Å². The number of Topliss-reactive ketones (excluding diaryl/α,β-unsaturated/α-hetero) is 1. The topological polar surface area (TPSA) is 230 Å². The van der Waals surface area contributed by atoms with Gasteiger partial charge in [0, 0.05) is 61.4 Å². The molecule has 0 saturated carbocycles. The van der Waals surface area contributed by atoms with Gasteiger partial charge in [0.25, 0.3) is 0 Å². The Morgan fingerprint density at radius 3 is 2.41 bits per heavy atom. The van der Waals surface area contributed by atoms with Gasteiger partial charge in [0.1, 0.15) is 11.8 Å². The normalized spacial score (nSPS) is 14.0. The van der Waals surface area contributed by atoms with Gasteiger partial charge in [0.05, 0.1) is 6.04 Å². The van der Waals surface area contributed by atoms with Gasteiger partial charge in [-0.15, -0.1) is 0 Å². The lowest BCUT2D eigenvalue weighted by Gasteiger charge is -2.20. The Morgan fingerprint density at radius 2 is 1.70 bits per heavy atom. The summed E-state index contributed by atoms with van der Waals surface area (Å²) in [6, 6.07) is 5.63. The zero-order valence-electron chi connectivity index (χ0n) is 25.5. The van der Waals surface area contributed by atoms with Crippen molar-refractivity contribution in [2.75, 3.05) is 19.6 Å². The maximum absolute atomic E-state index is 13.3. The van der Waals surface area contributed by atoms with Crippen LogP contribution in [0.15, 0.2) is 30.5 Å². The lowest BCUT2D eigenvalue weighted by atomic mass is 9.90. The monoisotopic (exact) mass is 616 g/mol. The number of carboxylic acids is 2. The van der Waals surface area contributed by atoms with Crippen LogP contribution >= 0.6 is 0 Å². The predicted octanol–water partition coefficient (Wildman–Crippen LogP) is 1.44. The Kier molecular flexibility index (Phi) is 16.1. The number of rotatable bonds is 23. The van der Waals surface area contributed by atoms with Gasteiger partial charge in [-0.2, -0.15) is 0 Å². The molecule has 13 heteroatoms. The van der Waals surface area contributed by atoms with Crippen LogP contribution < -0.4 is 27.4 Å². The zero-order valence-corrected chi connectivity index (χ0v) is 25.5. The Balaban J connectivity index is 1.99. The minimum atomic E-state index is -1.28. The van der Waals surface area contributed by atoms with Gasteiger partial charge in [-0.1, -0.05) is 38.0 Å². The first-order chi connectivity index (χ1) is 21.0. The summed E-state index contributed by atoms with van der Waals surface area (Å²) in [6.07, 6.45) is 5.09.